The molecule has 0 unspecified atom stereocenters. The topological polar surface area (TPSA) is 94.1 Å². The number of rotatable bonds is 12. The van der Waals surface area contributed by atoms with E-state index in [2.05, 4.69) is 108 Å². The SMILES string of the molecule is CC(C)(C)[Si]1(C(C)(C)C)OC[C@H]2O[C@H]3C=C[C@H](O)[C@H](C[C@H]4O[C@@H](COCc5ccccc5)[C@H](OCc5ccccc5)C[C@@H]4OCc4ccc5ccccc5c4)O[C@@H]3C[C@@H]2O1. The van der Waals surface area contributed by atoms with Crippen molar-refractivity contribution in [2.24, 2.45) is 0 Å². The van der Waals surface area contributed by atoms with Crippen LogP contribution in [0.1, 0.15) is 77.5 Å². The van der Waals surface area contributed by atoms with Crippen LogP contribution in [0, 0.1) is 0 Å². The number of benzene rings is 4. The van der Waals surface area contributed by atoms with Crippen molar-refractivity contribution in [1.82, 2.24) is 0 Å². The first-order valence-electron chi connectivity index (χ1n) is 21.9. The Morgan fingerprint density at radius 1 is 0.600 bits per heavy atom. The molecule has 0 aliphatic carbocycles. The fourth-order valence-electron chi connectivity index (χ4n) is 9.71. The average molecular weight is 837 g/mol. The van der Waals surface area contributed by atoms with Crippen molar-refractivity contribution in [1.29, 1.82) is 0 Å². The highest BCUT2D eigenvalue weighted by Gasteiger charge is 2.63. The Hall–Kier alpha value is -3.26. The van der Waals surface area contributed by atoms with Crippen molar-refractivity contribution >= 4 is 19.3 Å². The van der Waals surface area contributed by atoms with Crippen LogP contribution in [0.2, 0.25) is 10.1 Å². The van der Waals surface area contributed by atoms with Gasteiger partial charge in [-0.05, 0) is 33.5 Å². The molecule has 0 aromatic heterocycles. The minimum absolute atomic E-state index is 0.153. The maximum absolute atomic E-state index is 11.7. The maximum Gasteiger partial charge on any atom is 0.349 e. The van der Waals surface area contributed by atoms with Crippen LogP contribution in [0.15, 0.2) is 115 Å². The summed E-state index contributed by atoms with van der Waals surface area (Å²) in [4.78, 5) is 0. The van der Waals surface area contributed by atoms with Crippen LogP contribution in [0.3, 0.4) is 0 Å². The van der Waals surface area contributed by atoms with Gasteiger partial charge in [0, 0.05) is 29.3 Å². The van der Waals surface area contributed by atoms with E-state index in [0.717, 1.165) is 16.7 Å². The molecule has 0 radical (unpaired) electrons. The van der Waals surface area contributed by atoms with Crippen LogP contribution in [-0.2, 0) is 57.1 Å². The second kappa shape index (κ2) is 18.6. The summed E-state index contributed by atoms with van der Waals surface area (Å²) in [5.74, 6) is 0. The Morgan fingerprint density at radius 2 is 1.23 bits per heavy atom. The molecule has 9 nitrogen and oxygen atoms in total. The molecule has 322 valence electrons. The van der Waals surface area contributed by atoms with E-state index in [4.69, 9.17) is 37.3 Å². The van der Waals surface area contributed by atoms with Crippen molar-refractivity contribution in [3.05, 3.63) is 132 Å². The molecular formula is C50H64O9Si. The monoisotopic (exact) mass is 836 g/mol. The molecule has 3 saturated heterocycles. The third kappa shape index (κ3) is 9.84. The molecule has 8 rings (SSSR count). The Labute approximate surface area is 357 Å². The molecule has 4 aromatic rings. The number of aliphatic hydroxyl groups excluding tert-OH is 1. The molecule has 3 fully saturated rings. The molecule has 10 heteroatoms. The van der Waals surface area contributed by atoms with Crippen molar-refractivity contribution < 1.29 is 42.4 Å². The lowest BCUT2D eigenvalue weighted by Crippen LogP contribution is -2.67. The summed E-state index contributed by atoms with van der Waals surface area (Å²) >= 11 is 0. The lowest BCUT2D eigenvalue weighted by Gasteiger charge is -2.56. The van der Waals surface area contributed by atoms with E-state index in [-0.39, 0.29) is 52.8 Å². The molecule has 4 aliphatic heterocycles. The summed E-state index contributed by atoms with van der Waals surface area (Å²) in [6.07, 6.45) is 1.48. The van der Waals surface area contributed by atoms with Gasteiger partial charge in [0.05, 0.1) is 75.8 Å². The van der Waals surface area contributed by atoms with E-state index >= 15 is 0 Å². The van der Waals surface area contributed by atoms with E-state index in [1.165, 1.54) is 10.8 Å². The lowest BCUT2D eigenvalue weighted by atomic mass is 9.93. The van der Waals surface area contributed by atoms with E-state index in [1.54, 1.807) is 0 Å². The Balaban J connectivity index is 1.03. The number of hydrogen-bond acceptors (Lipinski definition) is 9. The van der Waals surface area contributed by atoms with Crippen molar-refractivity contribution in [3.63, 3.8) is 0 Å². The van der Waals surface area contributed by atoms with E-state index < -0.39 is 26.9 Å². The molecule has 4 heterocycles. The van der Waals surface area contributed by atoms with Gasteiger partial charge >= 0.3 is 8.56 Å². The van der Waals surface area contributed by atoms with Gasteiger partial charge in [-0.3, -0.25) is 0 Å². The van der Waals surface area contributed by atoms with Gasteiger partial charge in [-0.15, -0.1) is 0 Å². The number of ether oxygens (including phenoxy) is 6. The molecule has 4 aliphatic rings. The van der Waals surface area contributed by atoms with Crippen molar-refractivity contribution in [2.45, 2.75) is 152 Å². The summed E-state index contributed by atoms with van der Waals surface area (Å²) in [5, 5.41) is 13.8. The zero-order chi connectivity index (χ0) is 41.9. The highest BCUT2D eigenvalue weighted by molar-refractivity contribution is 6.73. The number of fused-ring (bicyclic) bond motifs is 3. The minimum Gasteiger partial charge on any atom is -0.391 e. The minimum atomic E-state index is -2.73. The van der Waals surface area contributed by atoms with Crippen molar-refractivity contribution in [3.8, 4) is 0 Å². The fraction of sp³-hybridized carbons (Fsp3) is 0.520. The van der Waals surface area contributed by atoms with Gasteiger partial charge in [-0.2, -0.15) is 0 Å². The lowest BCUT2D eigenvalue weighted by molar-refractivity contribution is -0.236. The Morgan fingerprint density at radius 3 is 1.93 bits per heavy atom. The largest absolute Gasteiger partial charge is 0.391 e. The first-order valence-corrected chi connectivity index (χ1v) is 23.7. The van der Waals surface area contributed by atoms with Crippen LogP contribution in [0.4, 0.5) is 0 Å². The molecule has 10 atom stereocenters. The Bertz CT molecular complexity index is 2000. The third-order valence-electron chi connectivity index (χ3n) is 12.6. The smallest absolute Gasteiger partial charge is 0.349 e. The highest BCUT2D eigenvalue weighted by Crippen LogP contribution is 2.55. The molecule has 1 N–H and O–H groups in total. The van der Waals surface area contributed by atoms with Crippen molar-refractivity contribution in [2.75, 3.05) is 13.2 Å². The van der Waals surface area contributed by atoms with Gasteiger partial charge in [-0.25, -0.2) is 0 Å². The second-order valence-electron chi connectivity index (χ2n) is 19.1. The summed E-state index contributed by atoms with van der Waals surface area (Å²) in [7, 11) is -2.73. The predicted molar refractivity (Wildman–Crippen MR) is 235 cm³/mol. The standard InChI is InChI=1S/C50H64O9Si/c1-49(2,3)60(50(4,5)6)55-33-48-46(59-60)28-44-40(56-48)24-23-39(51)41(57-44)26-45-42(54-31-36-21-22-37-19-13-14-20-38(37)25-36)27-43(53-30-35-17-11-8-12-18-35)47(58-45)32-52-29-34-15-9-7-10-16-34/h7-25,39-48,51H,26-33H2,1-6H3/t39-,40-,41-,42-,43+,44+,45+,46-,47-,48+/m0/s1. The molecule has 0 bridgehead atoms. The highest BCUT2D eigenvalue weighted by atomic mass is 28.4. The predicted octanol–water partition coefficient (Wildman–Crippen LogP) is 9.37. The third-order valence-corrected chi connectivity index (χ3v) is 17.8. The Kier molecular flexibility index (Phi) is 13.5. The van der Waals surface area contributed by atoms with Gasteiger partial charge in [-0.1, -0.05) is 151 Å². The normalized spacial score (nSPS) is 30.6. The van der Waals surface area contributed by atoms with E-state index in [0.29, 0.717) is 52.3 Å². The first-order chi connectivity index (χ1) is 28.8. The van der Waals surface area contributed by atoms with Gasteiger partial charge in [0.25, 0.3) is 0 Å². The van der Waals surface area contributed by atoms with Gasteiger partial charge in [0.2, 0.25) is 0 Å². The second-order valence-corrected chi connectivity index (χ2v) is 23.9. The molecule has 60 heavy (non-hydrogen) atoms. The fourth-order valence-corrected chi connectivity index (χ4v) is 14.7. The van der Waals surface area contributed by atoms with Gasteiger partial charge < -0.3 is 42.4 Å². The van der Waals surface area contributed by atoms with Crippen LogP contribution in [-0.4, -0.2) is 87.9 Å². The summed E-state index contributed by atoms with van der Waals surface area (Å²) in [5.41, 5.74) is 3.26. The maximum atomic E-state index is 11.7. The van der Waals surface area contributed by atoms with Crippen LogP contribution >= 0.6 is 0 Å². The molecule has 0 spiro atoms. The first kappa shape index (κ1) is 43.4. The zero-order valence-electron chi connectivity index (χ0n) is 36.1. The van der Waals surface area contributed by atoms with Crippen LogP contribution in [0.5, 0.6) is 0 Å². The quantitative estimate of drug-likeness (QED) is 0.111. The molecule has 4 aromatic carbocycles. The zero-order valence-corrected chi connectivity index (χ0v) is 37.1. The average Bonchev–Trinajstić information content (AvgIpc) is 3.38. The molecule has 0 saturated carbocycles. The molecular weight excluding hydrogens is 773 g/mol. The summed E-state index contributed by atoms with van der Waals surface area (Å²) in [6.45, 7) is 15.5. The van der Waals surface area contributed by atoms with E-state index in [9.17, 15) is 5.11 Å². The number of hydrogen-bond donors (Lipinski definition) is 1. The van der Waals surface area contributed by atoms with Gasteiger partial charge in [0.1, 0.15) is 18.3 Å². The molecule has 0 amide bonds. The van der Waals surface area contributed by atoms with Crippen LogP contribution < -0.4 is 0 Å². The van der Waals surface area contributed by atoms with Gasteiger partial charge in [0.15, 0.2) is 0 Å². The summed E-state index contributed by atoms with van der Waals surface area (Å²) in [6, 6.07) is 35.2. The van der Waals surface area contributed by atoms with Crippen LogP contribution in [0.25, 0.3) is 10.8 Å². The van der Waals surface area contributed by atoms with E-state index in [1.807, 2.05) is 48.6 Å². The number of aliphatic hydroxyl groups is 1. The summed E-state index contributed by atoms with van der Waals surface area (Å²) < 4.78 is 54.4.